The molecular formula is C27H28FeN2O2+2. The summed E-state index contributed by atoms with van der Waals surface area (Å²) in [6.45, 7) is 3.54. The van der Waals surface area contributed by atoms with E-state index in [1.807, 2.05) is 56.2 Å². The number of benzene rings is 1. The number of hydrogen-bond donors (Lipinski definition) is 0. The molecule has 4 aliphatic rings. The van der Waals surface area contributed by atoms with E-state index in [-0.39, 0.29) is 28.9 Å². The largest absolute Gasteiger partial charge is 2.00 e. The van der Waals surface area contributed by atoms with E-state index in [1.165, 1.54) is 17.0 Å². The molecule has 2 saturated carbocycles. The van der Waals surface area contributed by atoms with Crippen molar-refractivity contribution in [3.05, 3.63) is 105 Å². The van der Waals surface area contributed by atoms with Gasteiger partial charge in [0.1, 0.15) is 5.75 Å². The van der Waals surface area contributed by atoms with Crippen molar-refractivity contribution in [2.45, 2.75) is 32.7 Å². The molecule has 0 saturated heterocycles. The summed E-state index contributed by atoms with van der Waals surface area (Å²) >= 11 is 0. The van der Waals surface area contributed by atoms with Gasteiger partial charge in [0.05, 0.1) is 18.9 Å². The van der Waals surface area contributed by atoms with Crippen LogP contribution in [0.2, 0.25) is 0 Å². The summed E-state index contributed by atoms with van der Waals surface area (Å²) in [6, 6.07) is 6.32. The first-order valence-corrected chi connectivity index (χ1v) is 10.7. The molecule has 3 aliphatic carbocycles. The Morgan fingerprint density at radius 1 is 1.06 bits per heavy atom. The minimum Gasteiger partial charge on any atom is -0.496 e. The molecule has 2 unspecified atom stereocenters. The van der Waals surface area contributed by atoms with E-state index >= 15 is 0 Å². The summed E-state index contributed by atoms with van der Waals surface area (Å²) in [5.74, 6) is 2.53. The molecule has 32 heavy (non-hydrogen) atoms. The molecule has 1 heterocycles. The molecule has 1 aromatic rings. The predicted molar refractivity (Wildman–Crippen MR) is 123 cm³/mol. The molecule has 0 amide bonds. The zero-order chi connectivity index (χ0) is 21.8. The van der Waals surface area contributed by atoms with Gasteiger partial charge in [-0.25, -0.2) is 0 Å². The number of carbonyl (C=O) groups is 1. The fourth-order valence-electron chi connectivity index (χ4n) is 4.61. The topological polar surface area (TPSA) is 41.9 Å². The van der Waals surface area contributed by atoms with Gasteiger partial charge < -0.3 is 4.74 Å². The summed E-state index contributed by atoms with van der Waals surface area (Å²) in [5, 5.41) is 7.02. The number of carbonyl (C=O) groups excluding carboxylic acids is 1. The molecule has 5 heteroatoms. The Kier molecular flexibility index (Phi) is 9.02. The Labute approximate surface area is 204 Å². The summed E-state index contributed by atoms with van der Waals surface area (Å²) in [7, 11) is 1.72. The Morgan fingerprint density at radius 2 is 1.72 bits per heavy atom. The summed E-state index contributed by atoms with van der Waals surface area (Å²) in [5.41, 5.74) is 4.40. The number of rotatable bonds is 4. The first kappa shape index (κ1) is 25.1. The van der Waals surface area contributed by atoms with Crippen LogP contribution in [-0.2, 0) is 28.3 Å². The van der Waals surface area contributed by atoms with Crippen LogP contribution in [0, 0.1) is 69.6 Å². The number of ketones is 1. The number of methoxy groups -OCH3 is 1. The van der Waals surface area contributed by atoms with E-state index in [0.717, 1.165) is 30.0 Å². The maximum atomic E-state index is 11.6. The summed E-state index contributed by atoms with van der Waals surface area (Å²) in [6.07, 6.45) is 22.1. The van der Waals surface area contributed by atoms with Crippen LogP contribution in [0.5, 0.6) is 5.75 Å². The average molecular weight is 468 g/mol. The smallest absolute Gasteiger partial charge is 0.496 e. The molecule has 1 aromatic carbocycles. The second-order valence-corrected chi connectivity index (χ2v) is 7.98. The molecule has 5 rings (SSSR count). The van der Waals surface area contributed by atoms with Crippen LogP contribution in [0.1, 0.15) is 31.4 Å². The number of ether oxygens (including phenoxy) is 1. The first-order chi connectivity index (χ1) is 15.1. The van der Waals surface area contributed by atoms with E-state index in [9.17, 15) is 4.79 Å². The molecule has 2 fully saturated rings. The number of fused-ring (bicyclic) bond motifs is 3. The number of hydrogen-bond acceptors (Lipinski definition) is 4. The van der Waals surface area contributed by atoms with E-state index in [1.54, 1.807) is 20.1 Å². The van der Waals surface area contributed by atoms with Gasteiger partial charge in [-0.15, -0.1) is 0 Å². The minimum absolute atomic E-state index is 0. The van der Waals surface area contributed by atoms with Gasteiger partial charge in [0, 0.05) is 34.7 Å². The number of hydrazone groups is 1. The zero-order valence-electron chi connectivity index (χ0n) is 18.6. The molecule has 2 atom stereocenters. The van der Waals surface area contributed by atoms with Gasteiger partial charge in [-0.2, -0.15) is 5.10 Å². The molecular weight excluding hydrogens is 440 g/mol. The Morgan fingerprint density at radius 3 is 2.31 bits per heavy atom. The quantitative estimate of drug-likeness (QED) is 0.481. The van der Waals surface area contributed by atoms with Gasteiger partial charge in [-0.1, -0.05) is 12.1 Å². The van der Waals surface area contributed by atoms with E-state index in [2.05, 4.69) is 31.7 Å². The molecule has 1 aliphatic heterocycles. The monoisotopic (exact) mass is 468 g/mol. The Hall–Kier alpha value is -1.58. The SMILES string of the molecule is COc1cccc2c1CCC1C2=NN(/C(C)=C/C(C)=O)C1[C]1[CH][CH][CH][CH]1.[CH]1[CH][CH][CH][CH]1.[Fe+2]. The normalized spacial score (nSPS) is 24.7. The van der Waals surface area contributed by atoms with Crippen LogP contribution < -0.4 is 4.74 Å². The van der Waals surface area contributed by atoms with Crippen LogP contribution in [-0.4, -0.2) is 29.7 Å². The van der Waals surface area contributed by atoms with Crippen molar-refractivity contribution in [1.82, 2.24) is 5.01 Å². The second kappa shape index (κ2) is 11.5. The van der Waals surface area contributed by atoms with Crippen molar-refractivity contribution >= 4 is 11.5 Å². The van der Waals surface area contributed by atoms with Gasteiger partial charge in [-0.05, 0) is 90.5 Å². The van der Waals surface area contributed by atoms with Crippen molar-refractivity contribution < 1.29 is 26.6 Å². The number of allylic oxidation sites excluding steroid dienone is 2. The van der Waals surface area contributed by atoms with Gasteiger partial charge >= 0.3 is 17.1 Å². The van der Waals surface area contributed by atoms with Crippen LogP contribution >= 0.6 is 0 Å². The van der Waals surface area contributed by atoms with E-state index < -0.39 is 0 Å². The zero-order valence-corrected chi connectivity index (χ0v) is 19.7. The third-order valence-electron chi connectivity index (χ3n) is 5.90. The van der Waals surface area contributed by atoms with Crippen LogP contribution in [0.15, 0.2) is 35.1 Å². The molecule has 0 spiro atoms. The molecule has 4 nitrogen and oxygen atoms in total. The maximum absolute atomic E-state index is 11.6. The maximum Gasteiger partial charge on any atom is 2.00 e. The van der Waals surface area contributed by atoms with Crippen molar-refractivity contribution in [1.29, 1.82) is 0 Å². The third-order valence-corrected chi connectivity index (χ3v) is 5.90. The first-order valence-electron chi connectivity index (χ1n) is 10.7. The standard InChI is InChI=1S/C22H23N2O2.C5H5.Fe/c1-14(13-15(2)25)24-22(16-7-4-5-8-16)19-12-11-17-18(21(19)23-24)9-6-10-20(17)26-3;1-2-4-5-3-1;/h4-10,13,19,22H,11-12H2,1-3H3;1-5H;/q;;+2/b14-13+;;. The summed E-state index contributed by atoms with van der Waals surface area (Å²) < 4.78 is 5.56. The second-order valence-electron chi connectivity index (χ2n) is 7.98. The van der Waals surface area contributed by atoms with Crippen LogP contribution in [0.4, 0.5) is 0 Å². The molecule has 0 N–H and O–H groups in total. The van der Waals surface area contributed by atoms with Crippen molar-refractivity contribution in [3.8, 4) is 5.75 Å². The average Bonchev–Trinajstić information content (AvgIpc) is 3.54. The molecule has 10 radical (unpaired) electrons. The molecule has 164 valence electrons. The predicted octanol–water partition coefficient (Wildman–Crippen LogP) is 4.56. The minimum atomic E-state index is 0. The van der Waals surface area contributed by atoms with Crippen molar-refractivity contribution in [2.24, 2.45) is 11.0 Å². The van der Waals surface area contributed by atoms with Gasteiger partial charge in [0.25, 0.3) is 0 Å². The van der Waals surface area contributed by atoms with E-state index in [4.69, 9.17) is 9.84 Å². The number of nitrogens with zero attached hydrogens (tertiary/aromatic N) is 2. The Balaban J connectivity index is 0.000000427. The summed E-state index contributed by atoms with van der Waals surface area (Å²) in [4.78, 5) is 11.6. The van der Waals surface area contributed by atoms with Crippen molar-refractivity contribution in [2.75, 3.05) is 7.11 Å². The van der Waals surface area contributed by atoms with Gasteiger partial charge in [-0.3, -0.25) is 9.80 Å². The van der Waals surface area contributed by atoms with Crippen molar-refractivity contribution in [3.63, 3.8) is 0 Å². The van der Waals surface area contributed by atoms with E-state index in [0.29, 0.717) is 5.92 Å². The molecule has 0 aromatic heterocycles. The Bertz CT molecular complexity index is 846. The van der Waals surface area contributed by atoms with Gasteiger partial charge in [0.15, 0.2) is 5.78 Å². The fraction of sp³-hybridized carbons (Fsp3) is 0.259. The fourth-order valence-corrected chi connectivity index (χ4v) is 4.61. The molecule has 0 bridgehead atoms. The van der Waals surface area contributed by atoms with Crippen LogP contribution in [0.25, 0.3) is 0 Å². The van der Waals surface area contributed by atoms with Crippen LogP contribution in [0.3, 0.4) is 0 Å². The van der Waals surface area contributed by atoms with Gasteiger partial charge in [0.2, 0.25) is 0 Å². The third kappa shape index (κ3) is 5.31.